The maximum Gasteiger partial charge on any atom is 0.335 e. The predicted molar refractivity (Wildman–Crippen MR) is 87.7 cm³/mol. The van der Waals surface area contributed by atoms with E-state index in [1.807, 2.05) is 12.1 Å². The van der Waals surface area contributed by atoms with Crippen molar-refractivity contribution in [2.24, 2.45) is 0 Å². The fraction of sp³-hybridized carbons (Fsp3) is 0.235. The number of carboxylic acids is 1. The molecule has 0 amide bonds. The van der Waals surface area contributed by atoms with Crippen LogP contribution in [0.4, 0.5) is 0 Å². The van der Waals surface area contributed by atoms with Gasteiger partial charge < -0.3 is 9.84 Å². The van der Waals surface area contributed by atoms with Gasteiger partial charge in [0.25, 0.3) is 0 Å². The molecule has 0 atom stereocenters. The molecule has 0 saturated heterocycles. The van der Waals surface area contributed by atoms with Crippen LogP contribution in [0.1, 0.15) is 21.5 Å². The van der Waals surface area contributed by atoms with Gasteiger partial charge in [-0.25, -0.2) is 13.2 Å². The molecule has 6 nitrogen and oxygen atoms in total. The quantitative estimate of drug-likeness (QED) is 0.916. The van der Waals surface area contributed by atoms with Crippen LogP contribution in [-0.4, -0.2) is 37.5 Å². The van der Waals surface area contributed by atoms with E-state index in [4.69, 9.17) is 9.84 Å². The number of carbonyl (C=O) groups is 1. The van der Waals surface area contributed by atoms with E-state index in [1.165, 1.54) is 28.6 Å². The molecule has 0 unspecified atom stereocenters. The minimum absolute atomic E-state index is 0.000591. The zero-order valence-electron chi connectivity index (χ0n) is 13.1. The van der Waals surface area contributed by atoms with Gasteiger partial charge in [-0.1, -0.05) is 12.1 Å². The third kappa shape index (κ3) is 3.00. The Morgan fingerprint density at radius 2 is 1.96 bits per heavy atom. The Morgan fingerprint density at radius 3 is 2.67 bits per heavy atom. The van der Waals surface area contributed by atoms with E-state index in [9.17, 15) is 13.2 Å². The Kier molecular flexibility index (Phi) is 4.29. The highest BCUT2D eigenvalue weighted by Crippen LogP contribution is 2.27. The Hall–Kier alpha value is -2.38. The lowest BCUT2D eigenvalue weighted by Crippen LogP contribution is -2.36. The lowest BCUT2D eigenvalue weighted by atomic mass is 10.0. The minimum atomic E-state index is -3.74. The highest BCUT2D eigenvalue weighted by Gasteiger charge is 2.29. The van der Waals surface area contributed by atoms with Crippen LogP contribution >= 0.6 is 0 Å². The van der Waals surface area contributed by atoms with E-state index < -0.39 is 16.0 Å². The van der Waals surface area contributed by atoms with E-state index in [2.05, 4.69) is 0 Å². The first-order chi connectivity index (χ1) is 11.4. The van der Waals surface area contributed by atoms with Crippen LogP contribution in [0.3, 0.4) is 0 Å². The third-order valence-corrected chi connectivity index (χ3v) is 5.95. The van der Waals surface area contributed by atoms with Crippen molar-refractivity contribution in [3.8, 4) is 5.75 Å². The average molecular weight is 347 g/mol. The molecular formula is C17H17NO5S. The van der Waals surface area contributed by atoms with E-state index in [-0.39, 0.29) is 17.0 Å². The fourth-order valence-electron chi connectivity index (χ4n) is 2.77. The summed E-state index contributed by atoms with van der Waals surface area (Å²) >= 11 is 0. The summed E-state index contributed by atoms with van der Waals surface area (Å²) in [6.45, 7) is 0.610. The van der Waals surface area contributed by atoms with Gasteiger partial charge in [0.05, 0.1) is 17.6 Å². The number of benzene rings is 2. The number of ether oxygens (including phenoxy) is 1. The summed E-state index contributed by atoms with van der Waals surface area (Å²) in [5.74, 6) is -0.401. The topological polar surface area (TPSA) is 83.9 Å². The summed E-state index contributed by atoms with van der Waals surface area (Å²) < 4.78 is 32.2. The molecule has 0 aliphatic carbocycles. The van der Waals surface area contributed by atoms with Crippen LogP contribution in [0.15, 0.2) is 47.4 Å². The molecule has 0 bridgehead atoms. The smallest absolute Gasteiger partial charge is 0.335 e. The largest absolute Gasteiger partial charge is 0.497 e. The minimum Gasteiger partial charge on any atom is -0.497 e. The number of rotatable bonds is 4. The van der Waals surface area contributed by atoms with Crippen LogP contribution in [0.5, 0.6) is 5.75 Å². The van der Waals surface area contributed by atoms with Gasteiger partial charge in [-0.15, -0.1) is 0 Å². The third-order valence-electron chi connectivity index (χ3n) is 4.11. The van der Waals surface area contributed by atoms with Gasteiger partial charge in [0.15, 0.2) is 0 Å². The second kappa shape index (κ2) is 6.26. The number of aromatic carboxylic acids is 1. The number of sulfonamides is 1. The Balaban J connectivity index is 1.91. The molecule has 1 N–H and O–H groups in total. The Labute approximate surface area is 140 Å². The van der Waals surface area contributed by atoms with Crippen LogP contribution in [0.2, 0.25) is 0 Å². The first-order valence-electron chi connectivity index (χ1n) is 7.41. The molecular weight excluding hydrogens is 330 g/mol. The summed E-state index contributed by atoms with van der Waals surface area (Å²) in [6.07, 6.45) is 0.588. The standard InChI is InChI=1S/C17H17NO5S/c1-23-15-6-5-14-11-18(8-7-12(14)9-15)24(21,22)16-4-2-3-13(10-16)17(19)20/h2-6,9-10H,7-8,11H2,1H3,(H,19,20). The van der Waals surface area contributed by atoms with Gasteiger partial charge >= 0.3 is 5.97 Å². The lowest BCUT2D eigenvalue weighted by molar-refractivity contribution is 0.0696. The summed E-state index contributed by atoms with van der Waals surface area (Å²) in [5.41, 5.74) is 1.96. The first-order valence-corrected chi connectivity index (χ1v) is 8.85. The number of nitrogens with zero attached hydrogens (tertiary/aromatic N) is 1. The Morgan fingerprint density at radius 1 is 1.17 bits per heavy atom. The van der Waals surface area contributed by atoms with E-state index in [0.717, 1.165) is 16.9 Å². The van der Waals surface area contributed by atoms with Crippen molar-refractivity contribution in [1.29, 1.82) is 0 Å². The number of fused-ring (bicyclic) bond motifs is 1. The molecule has 0 fully saturated rings. The van der Waals surface area contributed by atoms with E-state index in [0.29, 0.717) is 13.0 Å². The van der Waals surface area contributed by atoms with Gasteiger partial charge in [0.2, 0.25) is 10.0 Å². The van der Waals surface area contributed by atoms with Crippen molar-refractivity contribution >= 4 is 16.0 Å². The average Bonchev–Trinajstić information content (AvgIpc) is 2.60. The maximum atomic E-state index is 12.8. The van der Waals surface area contributed by atoms with Gasteiger partial charge in [-0.3, -0.25) is 0 Å². The van der Waals surface area contributed by atoms with Gasteiger partial charge in [0, 0.05) is 13.1 Å². The van der Waals surface area contributed by atoms with Crippen molar-refractivity contribution in [2.75, 3.05) is 13.7 Å². The molecule has 0 saturated carbocycles. The summed E-state index contributed by atoms with van der Waals surface area (Å²) in [7, 11) is -2.14. The van der Waals surface area contributed by atoms with Crippen LogP contribution < -0.4 is 4.74 Å². The van der Waals surface area contributed by atoms with Crippen molar-refractivity contribution < 1.29 is 23.1 Å². The molecule has 3 rings (SSSR count). The second-order valence-electron chi connectivity index (χ2n) is 5.56. The Bertz CT molecular complexity index is 892. The summed E-state index contributed by atoms with van der Waals surface area (Å²) in [5, 5.41) is 9.04. The summed E-state index contributed by atoms with van der Waals surface area (Å²) in [6, 6.07) is 11.0. The molecule has 0 spiro atoms. The lowest BCUT2D eigenvalue weighted by Gasteiger charge is -2.28. The monoisotopic (exact) mass is 347 g/mol. The molecule has 7 heteroatoms. The van der Waals surface area contributed by atoms with Crippen LogP contribution in [0.25, 0.3) is 0 Å². The maximum absolute atomic E-state index is 12.8. The molecule has 1 heterocycles. The highest BCUT2D eigenvalue weighted by molar-refractivity contribution is 7.89. The molecule has 0 radical (unpaired) electrons. The van der Waals surface area contributed by atoms with Crippen LogP contribution in [0, 0.1) is 0 Å². The second-order valence-corrected chi connectivity index (χ2v) is 7.49. The highest BCUT2D eigenvalue weighted by atomic mass is 32.2. The number of carboxylic acid groups (broad SMARTS) is 1. The van der Waals surface area contributed by atoms with E-state index in [1.54, 1.807) is 13.2 Å². The number of methoxy groups -OCH3 is 1. The van der Waals surface area contributed by atoms with Gasteiger partial charge in [-0.05, 0) is 47.9 Å². The van der Waals surface area contributed by atoms with Crippen molar-refractivity contribution in [3.63, 3.8) is 0 Å². The molecule has 0 aromatic heterocycles. The van der Waals surface area contributed by atoms with Gasteiger partial charge in [0.1, 0.15) is 5.75 Å². The molecule has 2 aromatic rings. The molecule has 1 aliphatic rings. The number of hydrogen-bond donors (Lipinski definition) is 1. The number of hydrogen-bond acceptors (Lipinski definition) is 4. The summed E-state index contributed by atoms with van der Waals surface area (Å²) in [4.78, 5) is 11.1. The van der Waals surface area contributed by atoms with Crippen molar-refractivity contribution in [1.82, 2.24) is 4.31 Å². The molecule has 2 aromatic carbocycles. The van der Waals surface area contributed by atoms with Crippen LogP contribution in [-0.2, 0) is 23.0 Å². The first kappa shape index (κ1) is 16.5. The SMILES string of the molecule is COc1ccc2c(c1)CCN(S(=O)(=O)c1cccc(C(=O)O)c1)C2. The predicted octanol–water partition coefficient (Wildman–Crippen LogP) is 2.14. The molecule has 24 heavy (non-hydrogen) atoms. The fourth-order valence-corrected chi connectivity index (χ4v) is 4.24. The van der Waals surface area contributed by atoms with Crippen molar-refractivity contribution in [3.05, 3.63) is 59.2 Å². The van der Waals surface area contributed by atoms with Gasteiger partial charge in [-0.2, -0.15) is 4.31 Å². The molecule has 126 valence electrons. The zero-order chi connectivity index (χ0) is 17.3. The molecule has 1 aliphatic heterocycles. The normalized spacial score (nSPS) is 14.9. The van der Waals surface area contributed by atoms with Crippen molar-refractivity contribution in [2.45, 2.75) is 17.9 Å². The zero-order valence-corrected chi connectivity index (χ0v) is 13.9. The van der Waals surface area contributed by atoms with E-state index >= 15 is 0 Å².